The number of aryl methyl sites for hydroxylation is 1. The Morgan fingerprint density at radius 1 is 0.902 bits per heavy atom. The quantitative estimate of drug-likeness (QED) is 0.231. The summed E-state index contributed by atoms with van der Waals surface area (Å²) in [5, 5.41) is 5.72. The molecule has 5 nitrogen and oxygen atoms in total. The Bertz CT molecular complexity index is 1560. The molecule has 1 N–H and O–H groups in total. The molecule has 4 aromatic rings. The van der Waals surface area contributed by atoms with Crippen LogP contribution in [0.4, 0.5) is 11.4 Å². The van der Waals surface area contributed by atoms with E-state index >= 15 is 0 Å². The topological polar surface area (TPSA) is 36.3 Å². The number of halogens is 2. The van der Waals surface area contributed by atoms with Crippen LogP contribution in [0.15, 0.2) is 72.9 Å². The third kappa shape index (κ3) is 5.33. The van der Waals surface area contributed by atoms with E-state index in [0.717, 1.165) is 57.3 Å². The Labute approximate surface area is 258 Å². The molecular weight excluding hydrogens is 569 g/mol. The van der Waals surface area contributed by atoms with Crippen molar-refractivity contribution in [3.63, 3.8) is 0 Å². The van der Waals surface area contributed by atoms with E-state index in [1.807, 2.05) is 30.5 Å². The van der Waals surface area contributed by atoms with Crippen LogP contribution in [0.25, 0.3) is 5.69 Å². The molecule has 2 saturated heterocycles. The summed E-state index contributed by atoms with van der Waals surface area (Å²) < 4.78 is 2.27. The van der Waals surface area contributed by atoms with Crippen LogP contribution in [0.2, 0.25) is 10.0 Å². The Morgan fingerprint density at radius 3 is 2.27 bits per heavy atom. The van der Waals surface area contributed by atoms with E-state index in [-0.39, 0.29) is 12.1 Å². The molecule has 2 aromatic carbocycles. The number of pyridine rings is 1. The third-order valence-corrected chi connectivity index (χ3v) is 9.26. The Balaban J connectivity index is 1.44. The molecule has 2 fully saturated rings. The van der Waals surface area contributed by atoms with Crippen molar-refractivity contribution in [2.24, 2.45) is 11.8 Å². The number of aromatic nitrogens is 2. The lowest BCUT2D eigenvalue weighted by atomic mass is 9.91. The molecule has 0 saturated carbocycles. The lowest BCUT2D eigenvalue weighted by Gasteiger charge is -2.37. The van der Waals surface area contributed by atoms with Crippen molar-refractivity contribution < 1.29 is 0 Å². The molecule has 2 aliphatic rings. The fraction of sp³-hybridized carbons (Fsp3) is 0.333. The molecular formula is C33H35Cl2N5S. The lowest BCUT2D eigenvalue weighted by Crippen LogP contribution is -2.38. The van der Waals surface area contributed by atoms with Gasteiger partial charge in [-0.2, -0.15) is 0 Å². The standard InChI is InChI=1S/C33H35Cl2N5S/c1-20-15-21(2)19-38(18-20)30-13-12-26(17-28(30)35)40-32(31(37-33(40)41)29-7-5-6-14-36-29)27-16-22(3)39(23(27)4)25-10-8-24(34)9-11-25/h5-14,16-17,20-21,31-32H,15,18-19H2,1-4H3,(H,37,41)/t20-,21+,31-,32+/m1/s1. The highest BCUT2D eigenvalue weighted by molar-refractivity contribution is 7.80. The Morgan fingerprint density at radius 2 is 1.61 bits per heavy atom. The summed E-state index contributed by atoms with van der Waals surface area (Å²) in [6.45, 7) is 11.0. The number of hydrogen-bond donors (Lipinski definition) is 1. The van der Waals surface area contributed by atoms with Gasteiger partial charge in [-0.05, 0) is 111 Å². The normalized spacial score (nSPS) is 22.7. The summed E-state index contributed by atoms with van der Waals surface area (Å²) in [7, 11) is 0. The van der Waals surface area contributed by atoms with Crippen LogP contribution in [-0.2, 0) is 0 Å². The monoisotopic (exact) mass is 603 g/mol. The van der Waals surface area contributed by atoms with Crippen molar-refractivity contribution >= 4 is 51.9 Å². The number of hydrogen-bond acceptors (Lipinski definition) is 3. The van der Waals surface area contributed by atoms with E-state index in [0.29, 0.717) is 16.9 Å². The number of piperidine rings is 1. The van der Waals surface area contributed by atoms with Crippen molar-refractivity contribution in [3.8, 4) is 5.69 Å². The average molecular weight is 605 g/mol. The van der Waals surface area contributed by atoms with Crippen molar-refractivity contribution in [1.29, 1.82) is 0 Å². The van der Waals surface area contributed by atoms with E-state index < -0.39 is 0 Å². The van der Waals surface area contributed by atoms with Crippen LogP contribution >= 0.6 is 35.4 Å². The maximum absolute atomic E-state index is 7.03. The highest BCUT2D eigenvalue weighted by Crippen LogP contribution is 2.45. The third-order valence-electron chi connectivity index (χ3n) is 8.39. The Kier molecular flexibility index (Phi) is 7.75. The van der Waals surface area contributed by atoms with E-state index in [1.165, 1.54) is 12.0 Å². The molecule has 212 valence electrons. The molecule has 0 unspecified atom stereocenters. The minimum atomic E-state index is -0.134. The van der Waals surface area contributed by atoms with E-state index in [9.17, 15) is 0 Å². The van der Waals surface area contributed by atoms with Gasteiger partial charge in [-0.15, -0.1) is 0 Å². The van der Waals surface area contributed by atoms with Gasteiger partial charge >= 0.3 is 0 Å². The van der Waals surface area contributed by atoms with Crippen molar-refractivity contribution in [1.82, 2.24) is 14.9 Å². The first kappa shape index (κ1) is 28.1. The highest BCUT2D eigenvalue weighted by Gasteiger charge is 2.42. The molecule has 6 rings (SSSR count). The maximum Gasteiger partial charge on any atom is 0.174 e. The number of rotatable bonds is 5. The van der Waals surface area contributed by atoms with Gasteiger partial charge in [-0.1, -0.05) is 43.1 Å². The minimum Gasteiger partial charge on any atom is -0.370 e. The molecule has 2 aromatic heterocycles. The second kappa shape index (κ2) is 11.3. The second-order valence-corrected chi connectivity index (χ2v) is 12.9. The van der Waals surface area contributed by atoms with Crippen molar-refractivity contribution in [2.75, 3.05) is 22.9 Å². The number of nitrogens with zero attached hydrogens (tertiary/aromatic N) is 4. The molecule has 4 atom stereocenters. The average Bonchev–Trinajstić information content (AvgIpc) is 3.44. The number of benzene rings is 2. The van der Waals surface area contributed by atoms with Crippen LogP contribution < -0.4 is 15.1 Å². The van der Waals surface area contributed by atoms with Gasteiger partial charge < -0.3 is 19.7 Å². The molecule has 0 amide bonds. The minimum absolute atomic E-state index is 0.124. The van der Waals surface area contributed by atoms with E-state index in [1.54, 1.807) is 0 Å². The molecule has 41 heavy (non-hydrogen) atoms. The smallest absolute Gasteiger partial charge is 0.174 e. The van der Waals surface area contributed by atoms with Gasteiger partial charge in [0, 0.05) is 47.1 Å². The lowest BCUT2D eigenvalue weighted by molar-refractivity contribution is 0.357. The molecule has 0 aliphatic carbocycles. The molecule has 2 aliphatic heterocycles. The fourth-order valence-corrected chi connectivity index (χ4v) is 7.55. The van der Waals surface area contributed by atoms with Gasteiger partial charge in [0.05, 0.1) is 28.5 Å². The summed E-state index contributed by atoms with van der Waals surface area (Å²) in [6.07, 6.45) is 3.09. The van der Waals surface area contributed by atoms with E-state index in [4.69, 9.17) is 40.4 Å². The van der Waals surface area contributed by atoms with Gasteiger partial charge in [-0.25, -0.2) is 0 Å². The largest absolute Gasteiger partial charge is 0.370 e. The van der Waals surface area contributed by atoms with Gasteiger partial charge in [0.1, 0.15) is 0 Å². The van der Waals surface area contributed by atoms with Gasteiger partial charge in [0.2, 0.25) is 0 Å². The second-order valence-electron chi connectivity index (χ2n) is 11.6. The first-order valence-electron chi connectivity index (χ1n) is 14.2. The Hall–Kier alpha value is -3.06. The predicted octanol–water partition coefficient (Wildman–Crippen LogP) is 8.46. The fourth-order valence-electron chi connectivity index (χ4n) is 6.79. The zero-order chi connectivity index (χ0) is 28.8. The summed E-state index contributed by atoms with van der Waals surface area (Å²) in [4.78, 5) is 9.37. The van der Waals surface area contributed by atoms with Crippen LogP contribution in [0.1, 0.15) is 55.0 Å². The van der Waals surface area contributed by atoms with Crippen LogP contribution in [-0.4, -0.2) is 27.8 Å². The zero-order valence-corrected chi connectivity index (χ0v) is 26.1. The summed E-state index contributed by atoms with van der Waals surface area (Å²) >= 11 is 19.2. The van der Waals surface area contributed by atoms with Crippen LogP contribution in [0, 0.1) is 25.7 Å². The highest BCUT2D eigenvalue weighted by atomic mass is 35.5. The first-order valence-corrected chi connectivity index (χ1v) is 15.4. The van der Waals surface area contributed by atoms with Gasteiger partial charge in [-0.3, -0.25) is 4.98 Å². The van der Waals surface area contributed by atoms with Gasteiger partial charge in [0.25, 0.3) is 0 Å². The molecule has 0 spiro atoms. The number of nitrogens with one attached hydrogen (secondary N) is 1. The molecule has 0 bridgehead atoms. The van der Waals surface area contributed by atoms with E-state index in [2.05, 4.69) is 89.8 Å². The molecule has 4 heterocycles. The van der Waals surface area contributed by atoms with Crippen molar-refractivity contribution in [2.45, 2.75) is 46.2 Å². The number of anilines is 2. The van der Waals surface area contributed by atoms with Crippen LogP contribution in [0.3, 0.4) is 0 Å². The SMILES string of the molecule is Cc1cc([C@H]2[C@@H](c3ccccn3)NC(=S)N2c2ccc(N3C[C@H](C)C[C@H](C)C3)c(Cl)c2)c(C)n1-c1ccc(Cl)cc1. The first-order chi connectivity index (χ1) is 19.7. The molecule has 8 heteroatoms. The summed E-state index contributed by atoms with van der Waals surface area (Å²) in [6, 6.07) is 22.4. The predicted molar refractivity (Wildman–Crippen MR) is 175 cm³/mol. The summed E-state index contributed by atoms with van der Waals surface area (Å²) in [5.41, 5.74) is 7.53. The zero-order valence-electron chi connectivity index (χ0n) is 23.8. The number of thiocarbonyl (C=S) groups is 1. The van der Waals surface area contributed by atoms with Gasteiger partial charge in [0.15, 0.2) is 5.11 Å². The molecule has 0 radical (unpaired) electrons. The van der Waals surface area contributed by atoms with Crippen LogP contribution in [0.5, 0.6) is 0 Å². The van der Waals surface area contributed by atoms with Crippen molar-refractivity contribution in [3.05, 3.63) is 106 Å². The maximum atomic E-state index is 7.03. The summed E-state index contributed by atoms with van der Waals surface area (Å²) in [5.74, 6) is 1.29.